The molecular weight excluding hydrogens is 286 g/mol. The molecule has 0 radical (unpaired) electrons. The minimum Gasteiger partial charge on any atom is -0.383 e. The van der Waals surface area contributed by atoms with E-state index in [-0.39, 0.29) is 12.5 Å². The van der Waals surface area contributed by atoms with E-state index < -0.39 is 11.9 Å². The van der Waals surface area contributed by atoms with Crippen LogP contribution in [0, 0.1) is 0 Å². The van der Waals surface area contributed by atoms with Crippen LogP contribution in [0.25, 0.3) is 0 Å². The fourth-order valence-corrected chi connectivity index (χ4v) is 2.47. The number of aromatic nitrogens is 1. The van der Waals surface area contributed by atoms with Crippen molar-refractivity contribution in [2.45, 2.75) is 6.04 Å². The maximum absolute atomic E-state index is 12.1. The summed E-state index contributed by atoms with van der Waals surface area (Å²) in [7, 11) is 1.51. The van der Waals surface area contributed by atoms with Gasteiger partial charge in [0.1, 0.15) is 11.9 Å². The van der Waals surface area contributed by atoms with Gasteiger partial charge >= 0.3 is 0 Å². The Hall–Kier alpha value is -2.19. The predicted octanol–water partition coefficient (Wildman–Crippen LogP) is -1.20. The van der Waals surface area contributed by atoms with Gasteiger partial charge < -0.3 is 26.0 Å². The second-order valence-electron chi connectivity index (χ2n) is 5.11. The van der Waals surface area contributed by atoms with Crippen molar-refractivity contribution >= 4 is 17.6 Å². The molecule has 1 unspecified atom stereocenters. The zero-order valence-corrected chi connectivity index (χ0v) is 12.6. The van der Waals surface area contributed by atoms with Crippen LogP contribution < -0.4 is 16.4 Å². The second-order valence-corrected chi connectivity index (χ2v) is 5.11. The lowest BCUT2D eigenvalue weighted by Crippen LogP contribution is -2.54. The molecule has 1 saturated heterocycles. The van der Waals surface area contributed by atoms with Gasteiger partial charge in [0.15, 0.2) is 0 Å². The average molecular weight is 307 g/mol. The number of nitrogens with two attached hydrogens (primary N) is 2. The summed E-state index contributed by atoms with van der Waals surface area (Å²) in [6.45, 7) is 2.38. The minimum absolute atomic E-state index is 0.127. The molecule has 2 amide bonds. The normalized spacial score (nSPS) is 16.5. The molecule has 4 N–H and O–H groups in total. The number of primary amides is 1. The Morgan fingerprint density at radius 1 is 1.36 bits per heavy atom. The van der Waals surface area contributed by atoms with Crippen LogP contribution in [-0.4, -0.2) is 67.6 Å². The number of carbonyl (C=O) groups is 2. The van der Waals surface area contributed by atoms with E-state index in [1.54, 1.807) is 23.2 Å². The highest BCUT2D eigenvalue weighted by Crippen LogP contribution is 2.18. The van der Waals surface area contributed by atoms with Gasteiger partial charge in [-0.1, -0.05) is 0 Å². The van der Waals surface area contributed by atoms with Gasteiger partial charge in [-0.25, -0.2) is 4.98 Å². The van der Waals surface area contributed by atoms with Gasteiger partial charge in [-0.3, -0.25) is 9.59 Å². The molecular formula is C14H21N5O3. The van der Waals surface area contributed by atoms with E-state index in [1.165, 1.54) is 7.11 Å². The summed E-state index contributed by atoms with van der Waals surface area (Å²) in [5.74, 6) is -0.0790. The first-order valence-electron chi connectivity index (χ1n) is 7.07. The number of anilines is 1. The summed E-state index contributed by atoms with van der Waals surface area (Å²) in [6.07, 6.45) is 1.62. The summed E-state index contributed by atoms with van der Waals surface area (Å²) >= 11 is 0. The first-order chi connectivity index (χ1) is 10.5. The van der Waals surface area contributed by atoms with Crippen LogP contribution in [0.5, 0.6) is 0 Å². The first kappa shape index (κ1) is 16.2. The van der Waals surface area contributed by atoms with E-state index in [1.807, 2.05) is 4.90 Å². The van der Waals surface area contributed by atoms with Crippen LogP contribution in [0.3, 0.4) is 0 Å². The van der Waals surface area contributed by atoms with Gasteiger partial charge in [0.25, 0.3) is 5.91 Å². The monoisotopic (exact) mass is 307 g/mol. The number of amides is 2. The SMILES string of the molecule is COCC(N)C(=O)N1CCN(c2ncccc2C(N)=O)CC1. The molecule has 1 aromatic heterocycles. The third-order valence-corrected chi connectivity index (χ3v) is 3.61. The number of carbonyl (C=O) groups excluding carboxylic acids is 2. The summed E-state index contributed by atoms with van der Waals surface area (Å²) in [5.41, 5.74) is 11.5. The molecule has 2 rings (SSSR count). The first-order valence-corrected chi connectivity index (χ1v) is 7.07. The fraction of sp³-hybridized carbons (Fsp3) is 0.500. The highest BCUT2D eigenvalue weighted by atomic mass is 16.5. The van der Waals surface area contributed by atoms with Crippen molar-refractivity contribution in [1.29, 1.82) is 0 Å². The largest absolute Gasteiger partial charge is 0.383 e. The van der Waals surface area contributed by atoms with E-state index in [0.717, 1.165) is 0 Å². The Balaban J connectivity index is 2.01. The van der Waals surface area contributed by atoms with Crippen molar-refractivity contribution in [3.8, 4) is 0 Å². The minimum atomic E-state index is -0.646. The number of hydrogen-bond donors (Lipinski definition) is 2. The van der Waals surface area contributed by atoms with E-state index >= 15 is 0 Å². The highest BCUT2D eigenvalue weighted by Gasteiger charge is 2.27. The lowest BCUT2D eigenvalue weighted by atomic mass is 10.2. The lowest BCUT2D eigenvalue weighted by molar-refractivity contribution is -0.134. The molecule has 1 aliphatic rings. The third kappa shape index (κ3) is 3.52. The van der Waals surface area contributed by atoms with Gasteiger partial charge in [0.2, 0.25) is 5.91 Å². The molecule has 8 heteroatoms. The molecule has 1 atom stereocenters. The summed E-state index contributed by atoms with van der Waals surface area (Å²) in [6, 6.07) is 2.68. The Morgan fingerprint density at radius 2 is 2.05 bits per heavy atom. The molecule has 0 bridgehead atoms. The highest BCUT2D eigenvalue weighted by molar-refractivity contribution is 5.97. The number of pyridine rings is 1. The molecule has 22 heavy (non-hydrogen) atoms. The number of ether oxygens (including phenoxy) is 1. The third-order valence-electron chi connectivity index (χ3n) is 3.61. The Bertz CT molecular complexity index is 543. The second kappa shape index (κ2) is 7.19. The lowest BCUT2D eigenvalue weighted by Gasteiger charge is -2.36. The Kier molecular flexibility index (Phi) is 5.29. The van der Waals surface area contributed by atoms with Crippen molar-refractivity contribution in [1.82, 2.24) is 9.88 Å². The molecule has 1 aliphatic heterocycles. The summed E-state index contributed by atoms with van der Waals surface area (Å²) in [5, 5.41) is 0. The quantitative estimate of drug-likeness (QED) is 0.706. The number of rotatable bonds is 5. The van der Waals surface area contributed by atoms with Gasteiger partial charge in [0, 0.05) is 39.5 Å². The number of nitrogens with zero attached hydrogens (tertiary/aromatic N) is 3. The van der Waals surface area contributed by atoms with Crippen molar-refractivity contribution in [2.24, 2.45) is 11.5 Å². The van der Waals surface area contributed by atoms with Crippen LogP contribution in [0.1, 0.15) is 10.4 Å². The van der Waals surface area contributed by atoms with Crippen LogP contribution >= 0.6 is 0 Å². The zero-order valence-electron chi connectivity index (χ0n) is 12.6. The molecule has 120 valence electrons. The van der Waals surface area contributed by atoms with Crippen molar-refractivity contribution < 1.29 is 14.3 Å². The zero-order chi connectivity index (χ0) is 16.1. The maximum Gasteiger partial charge on any atom is 0.252 e. The predicted molar refractivity (Wildman–Crippen MR) is 81.4 cm³/mol. The van der Waals surface area contributed by atoms with Gasteiger partial charge in [-0.05, 0) is 12.1 Å². The van der Waals surface area contributed by atoms with E-state index in [2.05, 4.69) is 4.98 Å². The molecule has 1 fully saturated rings. The number of piperazine rings is 1. The van der Waals surface area contributed by atoms with Crippen molar-refractivity contribution in [3.05, 3.63) is 23.9 Å². The average Bonchev–Trinajstić information content (AvgIpc) is 2.54. The van der Waals surface area contributed by atoms with Crippen molar-refractivity contribution in [3.63, 3.8) is 0 Å². The molecule has 8 nitrogen and oxygen atoms in total. The fourth-order valence-electron chi connectivity index (χ4n) is 2.47. The number of hydrogen-bond acceptors (Lipinski definition) is 6. The van der Waals surface area contributed by atoms with E-state index in [0.29, 0.717) is 37.6 Å². The van der Waals surface area contributed by atoms with E-state index in [9.17, 15) is 9.59 Å². The van der Waals surface area contributed by atoms with Gasteiger partial charge in [0.05, 0.1) is 12.2 Å². The molecule has 0 aromatic carbocycles. The topological polar surface area (TPSA) is 115 Å². The van der Waals surface area contributed by atoms with Crippen LogP contribution in [-0.2, 0) is 9.53 Å². The maximum atomic E-state index is 12.1. The van der Waals surface area contributed by atoms with Gasteiger partial charge in [-0.2, -0.15) is 0 Å². The summed E-state index contributed by atoms with van der Waals surface area (Å²) < 4.78 is 4.90. The summed E-state index contributed by atoms with van der Waals surface area (Å²) in [4.78, 5) is 31.5. The van der Waals surface area contributed by atoms with E-state index in [4.69, 9.17) is 16.2 Å². The standard InChI is InChI=1S/C14H21N5O3/c1-22-9-11(15)14(21)19-7-5-18(6-8-19)13-10(12(16)20)3-2-4-17-13/h2-4,11H,5-9,15H2,1H3,(H2,16,20). The van der Waals surface area contributed by atoms with Crippen LogP contribution in [0.4, 0.5) is 5.82 Å². The Morgan fingerprint density at radius 3 is 2.64 bits per heavy atom. The number of methoxy groups -OCH3 is 1. The molecule has 2 heterocycles. The molecule has 0 saturated carbocycles. The van der Waals surface area contributed by atoms with Crippen LogP contribution in [0.15, 0.2) is 18.3 Å². The van der Waals surface area contributed by atoms with Crippen molar-refractivity contribution in [2.75, 3.05) is 44.8 Å². The smallest absolute Gasteiger partial charge is 0.252 e. The van der Waals surface area contributed by atoms with Gasteiger partial charge in [-0.15, -0.1) is 0 Å². The molecule has 1 aromatic rings. The molecule has 0 spiro atoms. The van der Waals surface area contributed by atoms with Crippen LogP contribution in [0.2, 0.25) is 0 Å². The molecule has 0 aliphatic carbocycles. The Labute approximate surface area is 129 Å².